The Balaban J connectivity index is 1.95. The van der Waals surface area contributed by atoms with Crippen molar-refractivity contribution in [1.29, 1.82) is 0 Å². The van der Waals surface area contributed by atoms with Crippen LogP contribution in [0.5, 0.6) is 0 Å². The molecular formula is C19H15NO2. The van der Waals surface area contributed by atoms with Gasteiger partial charge in [-0.05, 0) is 18.6 Å². The van der Waals surface area contributed by atoms with Gasteiger partial charge in [-0.1, -0.05) is 71.9 Å². The van der Waals surface area contributed by atoms with E-state index >= 15 is 0 Å². The van der Waals surface area contributed by atoms with Crippen molar-refractivity contribution < 1.29 is 9.32 Å². The molecule has 1 heterocycles. The van der Waals surface area contributed by atoms with E-state index < -0.39 is 0 Å². The fourth-order valence-corrected chi connectivity index (χ4v) is 2.25. The number of carbonyl (C=O) groups excluding carboxylic acids is 1. The van der Waals surface area contributed by atoms with Crippen LogP contribution in [0.4, 0.5) is 0 Å². The van der Waals surface area contributed by atoms with E-state index in [1.807, 2.05) is 54.6 Å². The minimum Gasteiger partial charge on any atom is -0.356 e. The molecule has 0 atom stereocenters. The van der Waals surface area contributed by atoms with Gasteiger partial charge in [0, 0.05) is 5.56 Å². The number of benzene rings is 2. The first-order chi connectivity index (χ1) is 10.8. The molecule has 3 aromatic rings. The smallest absolute Gasteiger partial charge is 0.198 e. The molecule has 0 amide bonds. The fourth-order valence-electron chi connectivity index (χ4n) is 2.25. The third kappa shape index (κ3) is 2.88. The lowest BCUT2D eigenvalue weighted by Gasteiger charge is -1.99. The van der Waals surface area contributed by atoms with E-state index in [0.717, 1.165) is 5.56 Å². The largest absolute Gasteiger partial charge is 0.356 e. The van der Waals surface area contributed by atoms with E-state index in [1.54, 1.807) is 25.1 Å². The minimum absolute atomic E-state index is 0.0768. The maximum Gasteiger partial charge on any atom is 0.198 e. The van der Waals surface area contributed by atoms with Gasteiger partial charge >= 0.3 is 0 Å². The van der Waals surface area contributed by atoms with Crippen LogP contribution in [0.2, 0.25) is 0 Å². The maximum absolute atomic E-state index is 12.6. The molecule has 2 aromatic carbocycles. The molecule has 108 valence electrons. The first kappa shape index (κ1) is 14.0. The second-order valence-corrected chi connectivity index (χ2v) is 4.95. The zero-order valence-corrected chi connectivity index (χ0v) is 12.2. The molecule has 0 fully saturated rings. The van der Waals surface area contributed by atoms with Crippen LogP contribution in [0.1, 0.15) is 32.9 Å². The van der Waals surface area contributed by atoms with Crippen LogP contribution < -0.4 is 0 Å². The highest BCUT2D eigenvalue weighted by molar-refractivity contribution is 6.11. The Morgan fingerprint density at radius 1 is 0.955 bits per heavy atom. The standard InChI is InChI=1S/C19H15NO2/c1-14-18(19(21)16-10-6-3-7-11-16)17(22-20-14)13-12-15-8-4-2-5-9-15/h2-13H,1H3/b13-12+. The van der Waals surface area contributed by atoms with Crippen LogP contribution in [0, 0.1) is 6.92 Å². The van der Waals surface area contributed by atoms with Crippen molar-refractivity contribution >= 4 is 17.9 Å². The Morgan fingerprint density at radius 2 is 1.59 bits per heavy atom. The molecule has 22 heavy (non-hydrogen) atoms. The number of hydrogen-bond acceptors (Lipinski definition) is 3. The van der Waals surface area contributed by atoms with Crippen molar-refractivity contribution in [1.82, 2.24) is 5.16 Å². The topological polar surface area (TPSA) is 43.1 Å². The van der Waals surface area contributed by atoms with Crippen molar-refractivity contribution in [2.45, 2.75) is 6.92 Å². The minimum atomic E-state index is -0.0768. The number of carbonyl (C=O) groups is 1. The Hall–Kier alpha value is -2.94. The summed E-state index contributed by atoms with van der Waals surface area (Å²) < 4.78 is 5.30. The third-order valence-corrected chi connectivity index (χ3v) is 3.38. The van der Waals surface area contributed by atoms with Gasteiger partial charge in [0.05, 0.1) is 11.3 Å². The van der Waals surface area contributed by atoms with Crippen molar-refractivity contribution in [3.8, 4) is 0 Å². The summed E-state index contributed by atoms with van der Waals surface area (Å²) in [5.74, 6) is 0.405. The van der Waals surface area contributed by atoms with Crippen LogP contribution in [0.15, 0.2) is 65.2 Å². The summed E-state index contributed by atoms with van der Waals surface area (Å²) >= 11 is 0. The lowest BCUT2D eigenvalue weighted by atomic mass is 10.0. The lowest BCUT2D eigenvalue weighted by molar-refractivity contribution is 0.103. The summed E-state index contributed by atoms with van der Waals surface area (Å²) in [6.45, 7) is 1.78. The normalized spacial score (nSPS) is 11.0. The van der Waals surface area contributed by atoms with E-state index in [4.69, 9.17) is 4.52 Å². The maximum atomic E-state index is 12.6. The van der Waals surface area contributed by atoms with Gasteiger partial charge in [0.1, 0.15) is 0 Å². The number of ketones is 1. The zero-order valence-electron chi connectivity index (χ0n) is 12.2. The van der Waals surface area contributed by atoms with E-state index in [2.05, 4.69) is 5.16 Å². The molecule has 0 aliphatic heterocycles. The molecular weight excluding hydrogens is 274 g/mol. The Kier molecular flexibility index (Phi) is 3.97. The van der Waals surface area contributed by atoms with Crippen LogP contribution in [-0.4, -0.2) is 10.9 Å². The van der Waals surface area contributed by atoms with Crippen molar-refractivity contribution in [3.63, 3.8) is 0 Å². The van der Waals surface area contributed by atoms with Crippen LogP contribution in [-0.2, 0) is 0 Å². The van der Waals surface area contributed by atoms with Crippen LogP contribution >= 0.6 is 0 Å². The molecule has 3 rings (SSSR count). The van der Waals surface area contributed by atoms with Crippen molar-refractivity contribution in [2.24, 2.45) is 0 Å². The molecule has 3 heteroatoms. The molecule has 0 unspecified atom stereocenters. The van der Waals surface area contributed by atoms with E-state index in [9.17, 15) is 4.79 Å². The fraction of sp³-hybridized carbons (Fsp3) is 0.0526. The van der Waals surface area contributed by atoms with Gasteiger partial charge in [0.25, 0.3) is 0 Å². The Labute approximate surface area is 128 Å². The average molecular weight is 289 g/mol. The van der Waals surface area contributed by atoms with E-state index in [0.29, 0.717) is 22.6 Å². The number of aromatic nitrogens is 1. The van der Waals surface area contributed by atoms with E-state index in [-0.39, 0.29) is 5.78 Å². The van der Waals surface area contributed by atoms with Gasteiger partial charge in [0.15, 0.2) is 11.5 Å². The highest BCUT2D eigenvalue weighted by Gasteiger charge is 2.19. The molecule has 0 bridgehead atoms. The molecule has 0 saturated carbocycles. The summed E-state index contributed by atoms with van der Waals surface area (Å²) in [4.78, 5) is 12.6. The Bertz CT molecular complexity index is 802. The highest BCUT2D eigenvalue weighted by Crippen LogP contribution is 2.20. The van der Waals surface area contributed by atoms with Gasteiger partial charge < -0.3 is 4.52 Å². The molecule has 0 radical (unpaired) electrons. The summed E-state index contributed by atoms with van der Waals surface area (Å²) in [5, 5.41) is 3.93. The van der Waals surface area contributed by atoms with Gasteiger partial charge in [-0.25, -0.2) is 0 Å². The average Bonchev–Trinajstić information content (AvgIpc) is 2.95. The van der Waals surface area contributed by atoms with Crippen molar-refractivity contribution in [2.75, 3.05) is 0 Å². The summed E-state index contributed by atoms with van der Waals surface area (Å²) in [7, 11) is 0. The van der Waals surface area contributed by atoms with Gasteiger partial charge in [-0.3, -0.25) is 4.79 Å². The number of rotatable bonds is 4. The molecule has 0 aliphatic carbocycles. The molecule has 0 saturated heterocycles. The highest BCUT2D eigenvalue weighted by atomic mass is 16.5. The number of hydrogen-bond donors (Lipinski definition) is 0. The molecule has 0 aliphatic rings. The second kappa shape index (κ2) is 6.22. The van der Waals surface area contributed by atoms with Crippen molar-refractivity contribution in [3.05, 3.63) is 88.8 Å². The Morgan fingerprint density at radius 3 is 2.27 bits per heavy atom. The summed E-state index contributed by atoms with van der Waals surface area (Å²) in [5.41, 5.74) is 2.78. The lowest BCUT2D eigenvalue weighted by Crippen LogP contribution is -2.03. The molecule has 1 aromatic heterocycles. The van der Waals surface area contributed by atoms with Gasteiger partial charge in [-0.2, -0.15) is 0 Å². The van der Waals surface area contributed by atoms with Gasteiger partial charge in [0.2, 0.25) is 0 Å². The molecule has 3 nitrogen and oxygen atoms in total. The first-order valence-corrected chi connectivity index (χ1v) is 7.05. The predicted octanol–water partition coefficient (Wildman–Crippen LogP) is 4.38. The summed E-state index contributed by atoms with van der Waals surface area (Å²) in [6, 6.07) is 19.0. The third-order valence-electron chi connectivity index (χ3n) is 3.38. The molecule has 0 spiro atoms. The summed E-state index contributed by atoms with van der Waals surface area (Å²) in [6.07, 6.45) is 3.69. The number of nitrogens with zero attached hydrogens (tertiary/aromatic N) is 1. The quantitative estimate of drug-likeness (QED) is 0.669. The SMILES string of the molecule is Cc1noc(/C=C/c2ccccc2)c1C(=O)c1ccccc1. The first-order valence-electron chi connectivity index (χ1n) is 7.05. The molecule has 0 N–H and O–H groups in total. The van der Waals surface area contributed by atoms with Crippen LogP contribution in [0.25, 0.3) is 12.2 Å². The monoisotopic (exact) mass is 289 g/mol. The number of aryl methyl sites for hydroxylation is 1. The van der Waals surface area contributed by atoms with Crippen LogP contribution in [0.3, 0.4) is 0 Å². The predicted molar refractivity (Wildman–Crippen MR) is 86.5 cm³/mol. The van der Waals surface area contributed by atoms with Gasteiger partial charge in [-0.15, -0.1) is 0 Å². The van der Waals surface area contributed by atoms with E-state index in [1.165, 1.54) is 0 Å². The zero-order chi connectivity index (χ0) is 15.4. The second-order valence-electron chi connectivity index (χ2n) is 4.95.